The summed E-state index contributed by atoms with van der Waals surface area (Å²) in [6, 6.07) is 9.32. The molecule has 0 unspecified atom stereocenters. The Bertz CT molecular complexity index is 564. The normalized spacial score (nSPS) is 10.4. The summed E-state index contributed by atoms with van der Waals surface area (Å²) >= 11 is 12.1. The largest absolute Gasteiger partial charge is 0.462 e. The van der Waals surface area contributed by atoms with Crippen LogP contribution in [0.3, 0.4) is 0 Å². The van der Waals surface area contributed by atoms with Crippen molar-refractivity contribution in [3.05, 3.63) is 46.2 Å². The molecule has 5 heteroatoms. The van der Waals surface area contributed by atoms with E-state index in [-0.39, 0.29) is 17.3 Å². The smallest absolute Gasteiger partial charge is 0.341 e. The summed E-state index contributed by atoms with van der Waals surface area (Å²) in [5.41, 5.74) is 1.66. The molecule has 3 nitrogen and oxygen atoms in total. The number of aromatic amines is 1. The lowest BCUT2D eigenvalue weighted by Crippen LogP contribution is -2.05. The van der Waals surface area contributed by atoms with Crippen molar-refractivity contribution < 1.29 is 9.53 Å². The molecule has 0 aliphatic rings. The number of carbonyl (C=O) groups excluding carboxylic acids is 1. The fourth-order valence-electron chi connectivity index (χ4n) is 1.71. The van der Waals surface area contributed by atoms with Crippen LogP contribution in [0.25, 0.3) is 11.1 Å². The summed E-state index contributed by atoms with van der Waals surface area (Å²) in [6.07, 6.45) is 0. The van der Waals surface area contributed by atoms with E-state index in [0.29, 0.717) is 10.7 Å². The highest BCUT2D eigenvalue weighted by Gasteiger charge is 2.23. The van der Waals surface area contributed by atoms with Crippen LogP contribution in [-0.2, 0) is 4.74 Å². The van der Waals surface area contributed by atoms with Gasteiger partial charge in [0.15, 0.2) is 0 Å². The molecule has 0 aliphatic carbocycles. The van der Waals surface area contributed by atoms with E-state index in [2.05, 4.69) is 4.98 Å². The van der Waals surface area contributed by atoms with E-state index in [9.17, 15) is 4.79 Å². The van der Waals surface area contributed by atoms with Crippen molar-refractivity contribution in [1.29, 1.82) is 0 Å². The van der Waals surface area contributed by atoms with Crippen LogP contribution < -0.4 is 0 Å². The first-order valence-corrected chi connectivity index (χ1v) is 6.20. The molecule has 1 aromatic heterocycles. The fourth-order valence-corrected chi connectivity index (χ4v) is 2.32. The first-order valence-electron chi connectivity index (χ1n) is 5.44. The van der Waals surface area contributed by atoms with Gasteiger partial charge in [-0.3, -0.25) is 0 Å². The van der Waals surface area contributed by atoms with Crippen LogP contribution in [0, 0.1) is 0 Å². The number of hydrogen-bond acceptors (Lipinski definition) is 2. The minimum atomic E-state index is -0.482. The van der Waals surface area contributed by atoms with Crippen LogP contribution >= 0.6 is 23.2 Å². The molecule has 18 heavy (non-hydrogen) atoms. The molecule has 1 aromatic carbocycles. The Morgan fingerprint density at radius 2 is 1.89 bits per heavy atom. The molecule has 0 amide bonds. The average molecular weight is 284 g/mol. The van der Waals surface area contributed by atoms with Crippen LogP contribution in [0.1, 0.15) is 17.3 Å². The first-order chi connectivity index (χ1) is 8.65. The maximum atomic E-state index is 11.9. The van der Waals surface area contributed by atoms with Gasteiger partial charge >= 0.3 is 5.97 Å². The van der Waals surface area contributed by atoms with Crippen molar-refractivity contribution in [2.45, 2.75) is 6.92 Å². The van der Waals surface area contributed by atoms with Gasteiger partial charge in [-0.05, 0) is 12.5 Å². The minimum absolute atomic E-state index is 0.192. The SMILES string of the molecule is CCOC(=O)c1c(Cl)[nH]c(Cl)c1-c1ccccc1. The van der Waals surface area contributed by atoms with E-state index in [1.54, 1.807) is 6.92 Å². The zero-order valence-electron chi connectivity index (χ0n) is 9.67. The first kappa shape index (κ1) is 13.0. The molecule has 2 aromatic rings. The van der Waals surface area contributed by atoms with E-state index in [4.69, 9.17) is 27.9 Å². The minimum Gasteiger partial charge on any atom is -0.462 e. The molecular weight excluding hydrogens is 273 g/mol. The summed E-state index contributed by atoms with van der Waals surface area (Å²) in [7, 11) is 0. The monoisotopic (exact) mass is 283 g/mol. The lowest BCUT2D eigenvalue weighted by molar-refractivity contribution is 0.0527. The van der Waals surface area contributed by atoms with E-state index < -0.39 is 5.97 Å². The van der Waals surface area contributed by atoms with Crippen molar-refractivity contribution in [2.24, 2.45) is 0 Å². The Balaban J connectivity index is 2.57. The van der Waals surface area contributed by atoms with Crippen LogP contribution in [0.15, 0.2) is 30.3 Å². The molecule has 1 N–H and O–H groups in total. The van der Waals surface area contributed by atoms with Gasteiger partial charge in [0.05, 0.1) is 6.61 Å². The van der Waals surface area contributed by atoms with Gasteiger partial charge in [-0.1, -0.05) is 53.5 Å². The Hall–Kier alpha value is -1.45. The quantitative estimate of drug-likeness (QED) is 0.860. The molecule has 0 radical (unpaired) electrons. The fraction of sp³-hybridized carbons (Fsp3) is 0.154. The number of nitrogens with one attached hydrogen (secondary N) is 1. The highest BCUT2D eigenvalue weighted by Crippen LogP contribution is 2.36. The third-order valence-corrected chi connectivity index (χ3v) is 3.02. The molecule has 0 saturated carbocycles. The number of benzene rings is 1. The Morgan fingerprint density at radius 1 is 1.22 bits per heavy atom. The van der Waals surface area contributed by atoms with Crippen molar-refractivity contribution in [2.75, 3.05) is 6.61 Å². The maximum absolute atomic E-state index is 11.9. The van der Waals surface area contributed by atoms with Gasteiger partial charge in [0.25, 0.3) is 0 Å². The Morgan fingerprint density at radius 3 is 2.50 bits per heavy atom. The van der Waals surface area contributed by atoms with Gasteiger partial charge < -0.3 is 9.72 Å². The average Bonchev–Trinajstić information content (AvgIpc) is 2.65. The molecule has 2 rings (SSSR count). The molecule has 1 heterocycles. The second kappa shape index (κ2) is 5.46. The van der Waals surface area contributed by atoms with Gasteiger partial charge in [-0.15, -0.1) is 0 Å². The third kappa shape index (κ3) is 2.37. The van der Waals surface area contributed by atoms with E-state index in [0.717, 1.165) is 5.56 Å². The molecule has 0 fully saturated rings. The van der Waals surface area contributed by atoms with Crippen LogP contribution in [-0.4, -0.2) is 17.6 Å². The standard InChI is InChI=1S/C13H11Cl2NO2/c1-2-18-13(17)10-9(11(14)16-12(10)15)8-6-4-3-5-7-8/h3-7,16H,2H2,1H3. The highest BCUT2D eigenvalue weighted by molar-refractivity contribution is 6.38. The number of rotatable bonds is 3. The molecule has 0 bridgehead atoms. The van der Waals surface area contributed by atoms with E-state index in [1.807, 2.05) is 30.3 Å². The number of ether oxygens (including phenoxy) is 1. The predicted molar refractivity (Wildman–Crippen MR) is 72.2 cm³/mol. The summed E-state index contributed by atoms with van der Waals surface area (Å²) in [5, 5.41) is 0.520. The van der Waals surface area contributed by atoms with Gasteiger partial charge in [0.1, 0.15) is 15.9 Å². The molecule has 0 atom stereocenters. The maximum Gasteiger partial charge on any atom is 0.341 e. The lowest BCUT2D eigenvalue weighted by Gasteiger charge is -2.05. The number of H-pyrrole nitrogens is 1. The number of halogens is 2. The topological polar surface area (TPSA) is 42.1 Å². The van der Waals surface area contributed by atoms with Crippen LogP contribution in [0.5, 0.6) is 0 Å². The number of esters is 1. The predicted octanol–water partition coefficient (Wildman–Crippen LogP) is 4.17. The zero-order valence-corrected chi connectivity index (χ0v) is 11.2. The van der Waals surface area contributed by atoms with Gasteiger partial charge in [0.2, 0.25) is 0 Å². The summed E-state index contributed by atoms with van der Waals surface area (Å²) in [6.45, 7) is 2.02. The number of carbonyl (C=O) groups is 1. The third-order valence-electron chi connectivity index (χ3n) is 2.45. The van der Waals surface area contributed by atoms with E-state index in [1.165, 1.54) is 0 Å². The van der Waals surface area contributed by atoms with Crippen molar-refractivity contribution >= 4 is 29.2 Å². The van der Waals surface area contributed by atoms with Gasteiger partial charge in [0, 0.05) is 5.56 Å². The lowest BCUT2D eigenvalue weighted by atomic mass is 10.0. The Labute approximate surface area is 115 Å². The Kier molecular flexibility index (Phi) is 3.94. The van der Waals surface area contributed by atoms with Crippen molar-refractivity contribution in [3.63, 3.8) is 0 Å². The van der Waals surface area contributed by atoms with Crippen LogP contribution in [0.2, 0.25) is 10.3 Å². The van der Waals surface area contributed by atoms with E-state index >= 15 is 0 Å². The van der Waals surface area contributed by atoms with Crippen molar-refractivity contribution in [3.8, 4) is 11.1 Å². The number of aromatic nitrogens is 1. The summed E-state index contributed by atoms with van der Waals surface area (Å²) < 4.78 is 4.98. The highest BCUT2D eigenvalue weighted by atomic mass is 35.5. The molecule has 0 aliphatic heterocycles. The summed E-state index contributed by atoms with van der Waals surface area (Å²) in [4.78, 5) is 14.6. The molecule has 0 spiro atoms. The van der Waals surface area contributed by atoms with Crippen LogP contribution in [0.4, 0.5) is 0 Å². The second-order valence-electron chi connectivity index (χ2n) is 3.59. The zero-order chi connectivity index (χ0) is 13.1. The summed E-state index contributed by atoms with van der Waals surface area (Å²) in [5.74, 6) is -0.482. The molecule has 94 valence electrons. The molecular formula is C13H11Cl2NO2. The number of hydrogen-bond donors (Lipinski definition) is 1. The molecule has 0 saturated heterocycles. The van der Waals surface area contributed by atoms with Gasteiger partial charge in [-0.2, -0.15) is 0 Å². The second-order valence-corrected chi connectivity index (χ2v) is 4.35. The van der Waals surface area contributed by atoms with Gasteiger partial charge in [-0.25, -0.2) is 4.79 Å². The van der Waals surface area contributed by atoms with Crippen molar-refractivity contribution in [1.82, 2.24) is 4.98 Å².